The minimum atomic E-state index is 0. The van der Waals surface area contributed by atoms with E-state index in [1.165, 1.54) is 50.5 Å². The number of rotatable bonds is 8. The molecule has 1 heterocycles. The van der Waals surface area contributed by atoms with Crippen molar-refractivity contribution in [2.24, 2.45) is 18.0 Å². The SMILES string of the molecule is CN=C(NCCCCC1CCCC1)NCCc1cnn(C)c1.I. The molecule has 0 aliphatic heterocycles. The molecule has 1 aromatic rings. The number of aryl methyl sites for hydroxylation is 1. The van der Waals surface area contributed by atoms with E-state index in [0.29, 0.717) is 0 Å². The Kier molecular flexibility index (Phi) is 10.3. The van der Waals surface area contributed by atoms with Crippen LogP contribution in [0.1, 0.15) is 50.5 Å². The number of aliphatic imine (C=N–C) groups is 1. The normalized spacial score (nSPS) is 15.5. The van der Waals surface area contributed by atoms with Crippen LogP contribution in [0.2, 0.25) is 0 Å². The minimum absolute atomic E-state index is 0. The predicted octanol–water partition coefficient (Wildman–Crippen LogP) is 3.11. The Labute approximate surface area is 157 Å². The van der Waals surface area contributed by atoms with Gasteiger partial charge in [-0.3, -0.25) is 9.67 Å². The smallest absolute Gasteiger partial charge is 0.190 e. The minimum Gasteiger partial charge on any atom is -0.356 e. The van der Waals surface area contributed by atoms with Gasteiger partial charge in [0, 0.05) is 33.4 Å². The molecule has 0 saturated heterocycles. The Morgan fingerprint density at radius 3 is 2.65 bits per heavy atom. The zero-order chi connectivity index (χ0) is 15.6. The topological polar surface area (TPSA) is 54.2 Å². The van der Waals surface area contributed by atoms with Gasteiger partial charge in [-0.15, -0.1) is 24.0 Å². The summed E-state index contributed by atoms with van der Waals surface area (Å²) in [5.41, 5.74) is 1.25. The van der Waals surface area contributed by atoms with Crippen molar-refractivity contribution in [1.82, 2.24) is 20.4 Å². The average molecular weight is 433 g/mol. The monoisotopic (exact) mass is 433 g/mol. The molecule has 2 rings (SSSR count). The molecule has 1 aliphatic rings. The fourth-order valence-corrected chi connectivity index (χ4v) is 3.21. The predicted molar refractivity (Wildman–Crippen MR) is 108 cm³/mol. The number of guanidine groups is 1. The van der Waals surface area contributed by atoms with Crippen molar-refractivity contribution in [3.05, 3.63) is 18.0 Å². The Morgan fingerprint density at radius 1 is 1.26 bits per heavy atom. The summed E-state index contributed by atoms with van der Waals surface area (Å²) in [7, 11) is 3.78. The molecule has 1 fully saturated rings. The summed E-state index contributed by atoms with van der Waals surface area (Å²) in [5.74, 6) is 1.92. The van der Waals surface area contributed by atoms with Gasteiger partial charge in [0.1, 0.15) is 0 Å². The molecular formula is C17H32IN5. The van der Waals surface area contributed by atoms with Crippen molar-refractivity contribution in [1.29, 1.82) is 0 Å². The van der Waals surface area contributed by atoms with E-state index in [1.807, 2.05) is 25.0 Å². The second-order valence-electron chi connectivity index (χ2n) is 6.34. The molecule has 0 aromatic carbocycles. The molecule has 0 atom stereocenters. The maximum Gasteiger partial charge on any atom is 0.190 e. The third-order valence-electron chi connectivity index (χ3n) is 4.49. The molecule has 1 aliphatic carbocycles. The quantitative estimate of drug-likeness (QED) is 0.287. The summed E-state index contributed by atoms with van der Waals surface area (Å²) in [6.07, 6.45) is 14.8. The van der Waals surface area contributed by atoms with Gasteiger partial charge in [0.15, 0.2) is 5.96 Å². The van der Waals surface area contributed by atoms with E-state index in [9.17, 15) is 0 Å². The molecule has 5 nitrogen and oxygen atoms in total. The molecule has 1 saturated carbocycles. The van der Waals surface area contributed by atoms with Gasteiger partial charge in [0.25, 0.3) is 0 Å². The molecule has 2 N–H and O–H groups in total. The number of halogens is 1. The average Bonchev–Trinajstić information content (AvgIpc) is 3.17. The number of nitrogens with zero attached hydrogens (tertiary/aromatic N) is 3. The van der Waals surface area contributed by atoms with Crippen molar-refractivity contribution in [3.8, 4) is 0 Å². The lowest BCUT2D eigenvalue weighted by Gasteiger charge is -2.12. The van der Waals surface area contributed by atoms with E-state index >= 15 is 0 Å². The summed E-state index contributed by atoms with van der Waals surface area (Å²) in [4.78, 5) is 4.27. The summed E-state index contributed by atoms with van der Waals surface area (Å²) in [6, 6.07) is 0. The van der Waals surface area contributed by atoms with Crippen LogP contribution < -0.4 is 10.6 Å². The third kappa shape index (κ3) is 8.04. The zero-order valence-corrected chi connectivity index (χ0v) is 16.9. The molecule has 0 unspecified atom stereocenters. The van der Waals surface area contributed by atoms with Gasteiger partial charge < -0.3 is 10.6 Å². The van der Waals surface area contributed by atoms with Gasteiger partial charge in [-0.25, -0.2) is 0 Å². The van der Waals surface area contributed by atoms with Crippen molar-refractivity contribution < 1.29 is 0 Å². The van der Waals surface area contributed by atoms with Crippen LogP contribution in [0, 0.1) is 5.92 Å². The first-order chi connectivity index (χ1) is 10.8. The molecule has 0 amide bonds. The Balaban J connectivity index is 0.00000264. The molecule has 0 spiro atoms. The van der Waals surface area contributed by atoms with Crippen molar-refractivity contribution in [3.63, 3.8) is 0 Å². The highest BCUT2D eigenvalue weighted by Crippen LogP contribution is 2.28. The van der Waals surface area contributed by atoms with Crippen LogP contribution in [0.4, 0.5) is 0 Å². The van der Waals surface area contributed by atoms with Crippen LogP contribution >= 0.6 is 24.0 Å². The summed E-state index contributed by atoms with van der Waals surface area (Å²) >= 11 is 0. The maximum absolute atomic E-state index is 4.27. The van der Waals surface area contributed by atoms with E-state index < -0.39 is 0 Å². The highest BCUT2D eigenvalue weighted by molar-refractivity contribution is 14.0. The van der Waals surface area contributed by atoms with E-state index in [0.717, 1.165) is 31.4 Å². The highest BCUT2D eigenvalue weighted by Gasteiger charge is 2.13. The lowest BCUT2D eigenvalue weighted by molar-refractivity contribution is 0.472. The van der Waals surface area contributed by atoms with Crippen LogP contribution in [0.3, 0.4) is 0 Å². The first-order valence-corrected chi connectivity index (χ1v) is 8.70. The van der Waals surface area contributed by atoms with Crippen LogP contribution in [0.5, 0.6) is 0 Å². The second kappa shape index (κ2) is 11.7. The number of hydrogen-bond acceptors (Lipinski definition) is 2. The highest BCUT2D eigenvalue weighted by atomic mass is 127. The van der Waals surface area contributed by atoms with Crippen molar-refractivity contribution in [2.45, 2.75) is 51.4 Å². The maximum atomic E-state index is 4.27. The first-order valence-electron chi connectivity index (χ1n) is 8.70. The molecule has 6 heteroatoms. The summed E-state index contributed by atoms with van der Waals surface area (Å²) in [6.45, 7) is 1.90. The van der Waals surface area contributed by atoms with E-state index in [1.54, 1.807) is 0 Å². The second-order valence-corrected chi connectivity index (χ2v) is 6.34. The van der Waals surface area contributed by atoms with Crippen LogP contribution in [-0.2, 0) is 13.5 Å². The molecule has 0 radical (unpaired) electrons. The Morgan fingerprint density at radius 2 is 2.00 bits per heavy atom. The number of nitrogens with one attached hydrogen (secondary N) is 2. The van der Waals surface area contributed by atoms with Gasteiger partial charge in [-0.1, -0.05) is 38.5 Å². The van der Waals surface area contributed by atoms with Crippen molar-refractivity contribution in [2.75, 3.05) is 20.1 Å². The van der Waals surface area contributed by atoms with E-state index in [2.05, 4.69) is 26.9 Å². The number of hydrogen-bond donors (Lipinski definition) is 2. The molecular weight excluding hydrogens is 401 g/mol. The van der Waals surface area contributed by atoms with Crippen LogP contribution in [0.15, 0.2) is 17.4 Å². The molecule has 132 valence electrons. The van der Waals surface area contributed by atoms with Gasteiger partial charge in [-0.2, -0.15) is 5.10 Å². The van der Waals surface area contributed by atoms with Gasteiger partial charge in [-0.05, 0) is 24.3 Å². The van der Waals surface area contributed by atoms with E-state index in [4.69, 9.17) is 0 Å². The Bertz CT molecular complexity index is 452. The zero-order valence-electron chi connectivity index (χ0n) is 14.6. The standard InChI is InChI=1S/C17H31N5.HI/c1-18-17(20-12-10-16-13-21-22(2)14-16)19-11-6-5-9-15-7-3-4-8-15;/h13-15H,3-12H2,1-2H3,(H2,18,19,20);1H. The molecule has 1 aromatic heterocycles. The first kappa shape index (κ1) is 20.3. The fraction of sp³-hybridized carbons (Fsp3) is 0.765. The summed E-state index contributed by atoms with van der Waals surface area (Å²) < 4.78 is 1.84. The Hall–Kier alpha value is -0.790. The van der Waals surface area contributed by atoms with Gasteiger partial charge in [0.05, 0.1) is 6.20 Å². The van der Waals surface area contributed by atoms with Crippen LogP contribution in [-0.4, -0.2) is 35.9 Å². The fourth-order valence-electron chi connectivity index (χ4n) is 3.21. The van der Waals surface area contributed by atoms with Gasteiger partial charge >= 0.3 is 0 Å². The van der Waals surface area contributed by atoms with E-state index in [-0.39, 0.29) is 24.0 Å². The molecule has 0 bridgehead atoms. The molecule has 23 heavy (non-hydrogen) atoms. The lowest BCUT2D eigenvalue weighted by Crippen LogP contribution is -2.38. The lowest BCUT2D eigenvalue weighted by atomic mass is 10.0. The summed E-state index contributed by atoms with van der Waals surface area (Å²) in [5, 5.41) is 10.9. The van der Waals surface area contributed by atoms with Crippen molar-refractivity contribution >= 4 is 29.9 Å². The van der Waals surface area contributed by atoms with Crippen LogP contribution in [0.25, 0.3) is 0 Å². The number of aromatic nitrogens is 2. The largest absolute Gasteiger partial charge is 0.356 e. The van der Waals surface area contributed by atoms with Gasteiger partial charge in [0.2, 0.25) is 0 Å². The third-order valence-corrected chi connectivity index (χ3v) is 4.49. The number of unbranched alkanes of at least 4 members (excludes halogenated alkanes) is 1.